The van der Waals surface area contributed by atoms with Crippen molar-refractivity contribution in [1.82, 2.24) is 5.48 Å². The van der Waals surface area contributed by atoms with Crippen molar-refractivity contribution in [2.45, 2.75) is 45.4 Å². The van der Waals surface area contributed by atoms with E-state index < -0.39 is 0 Å². The highest BCUT2D eigenvalue weighted by atomic mass is 16.6. The van der Waals surface area contributed by atoms with Gasteiger partial charge < -0.3 is 0 Å². The number of hydroxylamine groups is 1. The van der Waals surface area contributed by atoms with Crippen LogP contribution in [0.1, 0.15) is 45.4 Å². The van der Waals surface area contributed by atoms with E-state index in [9.17, 15) is 4.79 Å². The zero-order chi connectivity index (χ0) is 9.73. The van der Waals surface area contributed by atoms with Gasteiger partial charge in [0.25, 0.3) is 0 Å². The van der Waals surface area contributed by atoms with Crippen LogP contribution in [0.15, 0.2) is 0 Å². The highest BCUT2D eigenvalue weighted by Crippen LogP contribution is 2.38. The molecule has 0 aliphatic heterocycles. The number of hydrogen-bond acceptors (Lipinski definition) is 2. The number of amides is 1. The van der Waals surface area contributed by atoms with Crippen LogP contribution in [0.3, 0.4) is 0 Å². The second kappa shape index (κ2) is 4.61. The molecule has 0 saturated heterocycles. The number of hydrogen-bond donors (Lipinski definition) is 1. The molecule has 0 atom stereocenters. The second-order valence-electron chi connectivity index (χ2n) is 4.28. The molecule has 1 aliphatic carbocycles. The minimum atomic E-state index is 0.00639. The van der Waals surface area contributed by atoms with Crippen LogP contribution in [0.2, 0.25) is 0 Å². The molecule has 0 aromatic carbocycles. The van der Waals surface area contributed by atoms with E-state index in [1.54, 1.807) is 0 Å². The Bertz CT molecular complexity index is 174. The molecule has 3 heteroatoms. The molecule has 1 fully saturated rings. The minimum Gasteiger partial charge on any atom is -0.277 e. The summed E-state index contributed by atoms with van der Waals surface area (Å²) in [5, 5.41) is 0. The Balaban J connectivity index is 2.36. The molecule has 1 amide bonds. The van der Waals surface area contributed by atoms with Gasteiger partial charge in [0.1, 0.15) is 0 Å². The van der Waals surface area contributed by atoms with E-state index >= 15 is 0 Å². The van der Waals surface area contributed by atoms with E-state index in [1.165, 1.54) is 39.2 Å². The SMILES string of the molecule is CONC(=O)CC1(C)CCCCC1. The van der Waals surface area contributed by atoms with E-state index in [2.05, 4.69) is 17.2 Å². The van der Waals surface area contributed by atoms with Crippen molar-refractivity contribution in [3.05, 3.63) is 0 Å². The van der Waals surface area contributed by atoms with Crippen LogP contribution in [-0.4, -0.2) is 13.0 Å². The van der Waals surface area contributed by atoms with E-state index in [4.69, 9.17) is 0 Å². The third-order valence-corrected chi connectivity index (χ3v) is 2.86. The molecule has 3 nitrogen and oxygen atoms in total. The summed E-state index contributed by atoms with van der Waals surface area (Å²) < 4.78 is 0. The van der Waals surface area contributed by atoms with Crippen molar-refractivity contribution in [2.75, 3.05) is 7.11 Å². The molecule has 0 radical (unpaired) electrons. The van der Waals surface area contributed by atoms with Gasteiger partial charge >= 0.3 is 0 Å². The van der Waals surface area contributed by atoms with Gasteiger partial charge in [0.15, 0.2) is 0 Å². The van der Waals surface area contributed by atoms with Crippen molar-refractivity contribution in [2.24, 2.45) is 5.41 Å². The third-order valence-electron chi connectivity index (χ3n) is 2.86. The molecule has 13 heavy (non-hydrogen) atoms. The van der Waals surface area contributed by atoms with Crippen LogP contribution in [0, 0.1) is 5.41 Å². The molecular formula is C10H19NO2. The molecular weight excluding hydrogens is 166 g/mol. The van der Waals surface area contributed by atoms with Gasteiger partial charge in [-0.25, -0.2) is 5.48 Å². The lowest BCUT2D eigenvalue weighted by molar-refractivity contribution is -0.134. The average Bonchev–Trinajstić information content (AvgIpc) is 2.04. The van der Waals surface area contributed by atoms with Crippen LogP contribution in [-0.2, 0) is 9.63 Å². The molecule has 1 aliphatic rings. The molecule has 0 unspecified atom stereocenters. The molecule has 0 aromatic rings. The van der Waals surface area contributed by atoms with Gasteiger partial charge in [-0.2, -0.15) is 0 Å². The maximum absolute atomic E-state index is 11.3. The van der Waals surface area contributed by atoms with E-state index in [0.29, 0.717) is 6.42 Å². The Morgan fingerprint density at radius 1 is 1.38 bits per heavy atom. The predicted molar refractivity (Wildman–Crippen MR) is 51.0 cm³/mol. The average molecular weight is 185 g/mol. The van der Waals surface area contributed by atoms with Gasteiger partial charge in [-0.3, -0.25) is 9.63 Å². The third kappa shape index (κ3) is 3.35. The van der Waals surface area contributed by atoms with Crippen LogP contribution in [0.25, 0.3) is 0 Å². The Kier molecular flexibility index (Phi) is 3.72. The van der Waals surface area contributed by atoms with Gasteiger partial charge in [0.2, 0.25) is 5.91 Å². The fourth-order valence-electron chi connectivity index (χ4n) is 2.12. The number of rotatable bonds is 3. The van der Waals surface area contributed by atoms with Crippen molar-refractivity contribution >= 4 is 5.91 Å². The van der Waals surface area contributed by atoms with Gasteiger partial charge in [0.05, 0.1) is 7.11 Å². The largest absolute Gasteiger partial charge is 0.277 e. The summed E-state index contributed by atoms with van der Waals surface area (Å²) in [6, 6.07) is 0. The summed E-state index contributed by atoms with van der Waals surface area (Å²) in [7, 11) is 1.47. The summed E-state index contributed by atoms with van der Waals surface area (Å²) in [5.74, 6) is 0.00639. The van der Waals surface area contributed by atoms with Crippen molar-refractivity contribution < 1.29 is 9.63 Å². The number of nitrogens with one attached hydrogen (secondary N) is 1. The summed E-state index contributed by atoms with van der Waals surface area (Å²) in [6.07, 6.45) is 6.78. The Morgan fingerprint density at radius 2 is 2.00 bits per heavy atom. The van der Waals surface area contributed by atoms with Crippen LogP contribution < -0.4 is 5.48 Å². The molecule has 0 bridgehead atoms. The lowest BCUT2D eigenvalue weighted by atomic mass is 9.73. The van der Waals surface area contributed by atoms with Gasteiger partial charge in [0, 0.05) is 6.42 Å². The molecule has 0 spiro atoms. The Hall–Kier alpha value is -0.570. The summed E-state index contributed by atoms with van der Waals surface area (Å²) in [5.41, 5.74) is 2.59. The van der Waals surface area contributed by atoms with E-state index in [1.807, 2.05) is 0 Å². The first-order chi connectivity index (χ1) is 6.16. The topological polar surface area (TPSA) is 38.3 Å². The highest BCUT2D eigenvalue weighted by Gasteiger charge is 2.29. The smallest absolute Gasteiger partial charge is 0.244 e. The molecule has 1 saturated carbocycles. The van der Waals surface area contributed by atoms with E-state index in [0.717, 1.165) is 0 Å². The maximum Gasteiger partial charge on any atom is 0.244 e. The lowest BCUT2D eigenvalue weighted by Crippen LogP contribution is -2.30. The first kappa shape index (κ1) is 10.5. The summed E-state index contributed by atoms with van der Waals surface area (Å²) in [6.45, 7) is 2.20. The predicted octanol–water partition coefficient (Wildman–Crippen LogP) is 2.02. The van der Waals surface area contributed by atoms with Crippen LogP contribution in [0.4, 0.5) is 0 Å². The standard InChI is InChI=1S/C10H19NO2/c1-10(6-4-3-5-7-10)8-9(12)11-13-2/h3-8H2,1-2H3,(H,11,12). The highest BCUT2D eigenvalue weighted by molar-refractivity contribution is 5.75. The van der Waals surface area contributed by atoms with Gasteiger partial charge in [-0.1, -0.05) is 26.2 Å². The quantitative estimate of drug-likeness (QED) is 0.683. The maximum atomic E-state index is 11.3. The minimum absolute atomic E-state index is 0.00639. The van der Waals surface area contributed by atoms with Gasteiger partial charge in [-0.15, -0.1) is 0 Å². The lowest BCUT2D eigenvalue weighted by Gasteiger charge is -2.32. The molecule has 0 aromatic heterocycles. The van der Waals surface area contributed by atoms with Crippen molar-refractivity contribution in [1.29, 1.82) is 0 Å². The first-order valence-electron chi connectivity index (χ1n) is 4.98. The normalized spacial score (nSPS) is 21.1. The monoisotopic (exact) mass is 185 g/mol. The van der Waals surface area contributed by atoms with Crippen molar-refractivity contribution in [3.63, 3.8) is 0 Å². The Labute approximate surface area is 79.8 Å². The zero-order valence-electron chi connectivity index (χ0n) is 8.56. The Morgan fingerprint density at radius 3 is 2.54 bits per heavy atom. The number of carbonyl (C=O) groups is 1. The van der Waals surface area contributed by atoms with Gasteiger partial charge in [-0.05, 0) is 18.3 Å². The number of carbonyl (C=O) groups excluding carboxylic acids is 1. The van der Waals surface area contributed by atoms with Crippen LogP contribution in [0.5, 0.6) is 0 Å². The molecule has 0 heterocycles. The zero-order valence-corrected chi connectivity index (χ0v) is 8.56. The summed E-state index contributed by atoms with van der Waals surface area (Å²) in [4.78, 5) is 15.9. The first-order valence-corrected chi connectivity index (χ1v) is 4.98. The van der Waals surface area contributed by atoms with E-state index in [-0.39, 0.29) is 11.3 Å². The fraction of sp³-hybridized carbons (Fsp3) is 0.900. The second-order valence-corrected chi connectivity index (χ2v) is 4.28. The molecule has 1 rings (SSSR count). The fourth-order valence-corrected chi connectivity index (χ4v) is 2.12. The molecule has 76 valence electrons. The molecule has 1 N–H and O–H groups in total. The van der Waals surface area contributed by atoms with Crippen LogP contribution >= 0.6 is 0 Å². The van der Waals surface area contributed by atoms with Crippen molar-refractivity contribution in [3.8, 4) is 0 Å². The summed E-state index contributed by atoms with van der Waals surface area (Å²) >= 11 is 0.